The van der Waals surface area contributed by atoms with Gasteiger partial charge in [-0.2, -0.15) is 5.10 Å². The van der Waals surface area contributed by atoms with Crippen molar-refractivity contribution >= 4 is 15.9 Å². The lowest BCUT2D eigenvalue weighted by Gasteiger charge is -2.19. The van der Waals surface area contributed by atoms with Gasteiger partial charge in [-0.1, -0.05) is 43.6 Å². The van der Waals surface area contributed by atoms with Crippen molar-refractivity contribution in [1.82, 2.24) is 9.78 Å². The van der Waals surface area contributed by atoms with Crippen LogP contribution in [0.5, 0.6) is 0 Å². The molecule has 0 N–H and O–H groups in total. The van der Waals surface area contributed by atoms with Gasteiger partial charge >= 0.3 is 0 Å². The summed E-state index contributed by atoms with van der Waals surface area (Å²) in [5, 5.41) is 5.59. The third-order valence-electron chi connectivity index (χ3n) is 2.27. The lowest BCUT2D eigenvalue weighted by molar-refractivity contribution is 0.412. The third kappa shape index (κ3) is 4.37. The third-order valence-corrected chi connectivity index (χ3v) is 3.79. The summed E-state index contributed by atoms with van der Waals surface area (Å²) in [5.41, 5.74) is 1.48. The van der Waals surface area contributed by atoms with Crippen LogP contribution in [0, 0.1) is 11.3 Å². The second kappa shape index (κ2) is 5.15. The van der Waals surface area contributed by atoms with E-state index in [-0.39, 0.29) is 5.41 Å². The van der Waals surface area contributed by atoms with Crippen molar-refractivity contribution in [2.24, 2.45) is 11.3 Å². The van der Waals surface area contributed by atoms with Crippen molar-refractivity contribution in [3.63, 3.8) is 0 Å². The van der Waals surface area contributed by atoms with Crippen molar-refractivity contribution in [1.29, 1.82) is 0 Å². The minimum Gasteiger partial charge on any atom is -0.272 e. The SMILES string of the molecule is CC(C)Cn1ccc(CC(C)(C)CBr)n1. The minimum absolute atomic E-state index is 0.289. The molecule has 0 saturated carbocycles. The number of hydrogen-bond acceptors (Lipinski definition) is 1. The molecule has 0 atom stereocenters. The van der Waals surface area contributed by atoms with E-state index in [1.54, 1.807) is 0 Å². The molecule has 0 aliphatic rings. The van der Waals surface area contributed by atoms with Crippen LogP contribution in [0.1, 0.15) is 33.4 Å². The van der Waals surface area contributed by atoms with Gasteiger partial charge in [0.15, 0.2) is 0 Å². The van der Waals surface area contributed by atoms with Crippen molar-refractivity contribution in [3.8, 4) is 0 Å². The Morgan fingerprint density at radius 3 is 2.67 bits per heavy atom. The maximum atomic E-state index is 4.58. The number of alkyl halides is 1. The molecule has 1 aromatic rings. The Kier molecular flexibility index (Phi) is 4.38. The average molecular weight is 273 g/mol. The molecule has 0 aromatic carbocycles. The molecule has 0 aliphatic carbocycles. The second-order valence-corrected chi connectivity index (χ2v) is 5.96. The van der Waals surface area contributed by atoms with E-state index < -0.39 is 0 Å². The number of nitrogens with zero attached hydrogens (tertiary/aromatic N) is 2. The fourth-order valence-electron chi connectivity index (χ4n) is 1.51. The number of halogens is 1. The summed E-state index contributed by atoms with van der Waals surface area (Å²) in [6, 6.07) is 2.13. The Labute approximate surface area is 101 Å². The van der Waals surface area contributed by atoms with E-state index >= 15 is 0 Å². The standard InChI is InChI=1S/C12H21BrN2/c1-10(2)8-15-6-5-11(14-15)7-12(3,4)9-13/h5-6,10H,7-9H2,1-4H3. The van der Waals surface area contributed by atoms with Crippen molar-refractivity contribution < 1.29 is 0 Å². The predicted octanol–water partition coefficient (Wildman–Crippen LogP) is 3.50. The van der Waals surface area contributed by atoms with E-state index in [4.69, 9.17) is 0 Å². The molecular formula is C12H21BrN2. The number of rotatable bonds is 5. The molecule has 15 heavy (non-hydrogen) atoms. The van der Waals surface area contributed by atoms with Crippen LogP contribution in [0.15, 0.2) is 12.3 Å². The van der Waals surface area contributed by atoms with Gasteiger partial charge in [0.1, 0.15) is 0 Å². The van der Waals surface area contributed by atoms with Gasteiger partial charge in [0.25, 0.3) is 0 Å². The normalized spacial score (nSPS) is 12.4. The largest absolute Gasteiger partial charge is 0.272 e. The summed E-state index contributed by atoms with van der Waals surface area (Å²) in [4.78, 5) is 0. The molecule has 0 saturated heterocycles. The summed E-state index contributed by atoms with van der Waals surface area (Å²) in [7, 11) is 0. The van der Waals surface area contributed by atoms with Gasteiger partial charge in [-0.3, -0.25) is 4.68 Å². The Hall–Kier alpha value is -0.310. The monoisotopic (exact) mass is 272 g/mol. The molecule has 0 bridgehead atoms. The lowest BCUT2D eigenvalue weighted by Crippen LogP contribution is -2.17. The molecule has 3 heteroatoms. The Balaban J connectivity index is 2.60. The van der Waals surface area contributed by atoms with Gasteiger partial charge in [-0.15, -0.1) is 0 Å². The highest BCUT2D eigenvalue weighted by Crippen LogP contribution is 2.23. The summed E-state index contributed by atoms with van der Waals surface area (Å²) in [6.07, 6.45) is 3.11. The molecule has 1 heterocycles. The smallest absolute Gasteiger partial charge is 0.0630 e. The van der Waals surface area contributed by atoms with Gasteiger partial charge in [0.05, 0.1) is 5.69 Å². The highest BCUT2D eigenvalue weighted by Gasteiger charge is 2.18. The Bertz CT molecular complexity index is 302. The van der Waals surface area contributed by atoms with Gasteiger partial charge in [0, 0.05) is 18.1 Å². The first-order valence-electron chi connectivity index (χ1n) is 5.51. The fraction of sp³-hybridized carbons (Fsp3) is 0.750. The van der Waals surface area contributed by atoms with E-state index in [1.165, 1.54) is 5.69 Å². The zero-order chi connectivity index (χ0) is 11.5. The quantitative estimate of drug-likeness (QED) is 0.751. The Morgan fingerprint density at radius 1 is 1.47 bits per heavy atom. The average Bonchev–Trinajstić information content (AvgIpc) is 2.50. The van der Waals surface area contributed by atoms with Crippen LogP contribution in [-0.4, -0.2) is 15.1 Å². The molecular weight excluding hydrogens is 252 g/mol. The van der Waals surface area contributed by atoms with E-state index in [0.717, 1.165) is 18.3 Å². The lowest BCUT2D eigenvalue weighted by atomic mass is 9.91. The molecule has 86 valence electrons. The van der Waals surface area contributed by atoms with E-state index in [1.807, 2.05) is 4.68 Å². The summed E-state index contributed by atoms with van der Waals surface area (Å²) in [5.74, 6) is 0.655. The van der Waals surface area contributed by atoms with E-state index in [0.29, 0.717) is 5.92 Å². The maximum Gasteiger partial charge on any atom is 0.0630 e. The maximum absolute atomic E-state index is 4.58. The summed E-state index contributed by atoms with van der Waals surface area (Å²) >= 11 is 3.54. The van der Waals surface area contributed by atoms with E-state index in [2.05, 4.69) is 61.0 Å². The Morgan fingerprint density at radius 2 is 2.13 bits per heavy atom. The first-order chi connectivity index (χ1) is 6.93. The molecule has 0 spiro atoms. The second-order valence-electron chi connectivity index (χ2n) is 5.40. The van der Waals surface area contributed by atoms with Gasteiger partial charge < -0.3 is 0 Å². The van der Waals surface area contributed by atoms with Gasteiger partial charge in [-0.25, -0.2) is 0 Å². The van der Waals surface area contributed by atoms with Crippen molar-refractivity contribution in [3.05, 3.63) is 18.0 Å². The van der Waals surface area contributed by atoms with Crippen molar-refractivity contribution in [2.45, 2.75) is 40.7 Å². The van der Waals surface area contributed by atoms with Crippen LogP contribution in [0.4, 0.5) is 0 Å². The number of hydrogen-bond donors (Lipinski definition) is 0. The van der Waals surface area contributed by atoms with Crippen LogP contribution in [0.25, 0.3) is 0 Å². The van der Waals surface area contributed by atoms with Crippen LogP contribution in [0.3, 0.4) is 0 Å². The zero-order valence-corrected chi connectivity index (χ0v) is 11.7. The van der Waals surface area contributed by atoms with Gasteiger partial charge in [0.2, 0.25) is 0 Å². The first kappa shape index (κ1) is 12.8. The summed E-state index contributed by atoms with van der Waals surface area (Å²) < 4.78 is 2.05. The fourth-order valence-corrected chi connectivity index (χ4v) is 1.71. The minimum atomic E-state index is 0.289. The molecule has 0 radical (unpaired) electrons. The number of aromatic nitrogens is 2. The van der Waals surface area contributed by atoms with E-state index in [9.17, 15) is 0 Å². The van der Waals surface area contributed by atoms with Crippen molar-refractivity contribution in [2.75, 3.05) is 5.33 Å². The summed E-state index contributed by atoms with van der Waals surface area (Å²) in [6.45, 7) is 9.94. The van der Waals surface area contributed by atoms with Crippen LogP contribution < -0.4 is 0 Å². The molecule has 0 unspecified atom stereocenters. The molecule has 0 fully saturated rings. The molecule has 1 aromatic heterocycles. The molecule has 1 rings (SSSR count). The van der Waals surface area contributed by atoms with Crippen LogP contribution in [0.2, 0.25) is 0 Å². The highest BCUT2D eigenvalue weighted by atomic mass is 79.9. The molecule has 0 amide bonds. The van der Waals surface area contributed by atoms with Gasteiger partial charge in [-0.05, 0) is 23.8 Å². The molecule has 2 nitrogen and oxygen atoms in total. The predicted molar refractivity (Wildman–Crippen MR) is 68.3 cm³/mol. The first-order valence-corrected chi connectivity index (χ1v) is 6.63. The highest BCUT2D eigenvalue weighted by molar-refractivity contribution is 9.09. The molecule has 0 aliphatic heterocycles. The van der Waals surface area contributed by atoms with Crippen LogP contribution >= 0.6 is 15.9 Å². The zero-order valence-electron chi connectivity index (χ0n) is 10.1. The topological polar surface area (TPSA) is 17.8 Å². The van der Waals surface area contributed by atoms with Crippen LogP contribution in [-0.2, 0) is 13.0 Å².